The molecule has 1 atom stereocenters. The summed E-state index contributed by atoms with van der Waals surface area (Å²) >= 11 is 0. The van der Waals surface area contributed by atoms with Gasteiger partial charge in [-0.3, -0.25) is 14.4 Å². The van der Waals surface area contributed by atoms with Gasteiger partial charge in [-0.2, -0.15) is 0 Å². The van der Waals surface area contributed by atoms with Crippen LogP contribution in [0.2, 0.25) is 0 Å². The third-order valence-corrected chi connectivity index (χ3v) is 11.7. The molecule has 6 nitrogen and oxygen atoms in total. The molecule has 0 N–H and O–H groups in total. The van der Waals surface area contributed by atoms with Crippen molar-refractivity contribution >= 4 is 17.9 Å². The highest BCUT2D eigenvalue weighted by Crippen LogP contribution is 2.16. The average molecular weight is 907 g/mol. The zero-order valence-electron chi connectivity index (χ0n) is 42.7. The van der Waals surface area contributed by atoms with Gasteiger partial charge in [0, 0.05) is 19.3 Å². The third kappa shape index (κ3) is 51.7. The number of hydrogen-bond donors (Lipinski definition) is 0. The lowest BCUT2D eigenvalue weighted by Gasteiger charge is -2.18. The summed E-state index contributed by atoms with van der Waals surface area (Å²) < 4.78 is 16.7. The van der Waals surface area contributed by atoms with Crippen molar-refractivity contribution in [2.75, 3.05) is 13.2 Å². The molecule has 0 fully saturated rings. The van der Waals surface area contributed by atoms with Crippen LogP contribution >= 0.6 is 0 Å². The summed E-state index contributed by atoms with van der Waals surface area (Å²) in [5.74, 6) is -0.977. The van der Waals surface area contributed by atoms with E-state index < -0.39 is 6.10 Å². The molecule has 65 heavy (non-hydrogen) atoms. The van der Waals surface area contributed by atoms with E-state index in [1.807, 2.05) is 6.08 Å². The Morgan fingerprint density at radius 2 is 0.600 bits per heavy atom. The second-order valence-corrected chi connectivity index (χ2v) is 18.1. The molecule has 374 valence electrons. The predicted octanol–water partition coefficient (Wildman–Crippen LogP) is 18.2. The number of esters is 3. The van der Waals surface area contributed by atoms with Gasteiger partial charge in [0.2, 0.25) is 0 Å². The van der Waals surface area contributed by atoms with Gasteiger partial charge in [0.05, 0.1) is 0 Å². The van der Waals surface area contributed by atoms with Crippen molar-refractivity contribution in [3.63, 3.8) is 0 Å². The van der Waals surface area contributed by atoms with E-state index in [2.05, 4.69) is 87.6 Å². The SMILES string of the molecule is CC/C=C\C/C=C\C/C=C\C/C=C\C/C=C\C/C=C\CCC(=O)OC[C@@H](COC(=O)CCCCCCCCCCCC)OC(=O)CCCCCCCCCCCCCCCCCCCC. The van der Waals surface area contributed by atoms with Crippen LogP contribution in [0.3, 0.4) is 0 Å². The normalized spacial score (nSPS) is 12.6. The number of ether oxygens (including phenoxy) is 3. The molecule has 0 rings (SSSR count). The van der Waals surface area contributed by atoms with E-state index in [1.54, 1.807) is 0 Å². The quantitative estimate of drug-likeness (QED) is 0.0262. The van der Waals surface area contributed by atoms with Gasteiger partial charge in [0.25, 0.3) is 0 Å². The van der Waals surface area contributed by atoms with E-state index in [-0.39, 0.29) is 37.5 Å². The lowest BCUT2D eigenvalue weighted by atomic mass is 10.0. The van der Waals surface area contributed by atoms with Crippen LogP contribution in [0.1, 0.15) is 265 Å². The summed E-state index contributed by atoms with van der Waals surface area (Å²) in [4.78, 5) is 38.0. The van der Waals surface area contributed by atoms with Crippen LogP contribution < -0.4 is 0 Å². The Labute approximate surface area is 402 Å². The van der Waals surface area contributed by atoms with Crippen molar-refractivity contribution in [3.8, 4) is 0 Å². The Hall–Kier alpha value is -3.15. The Balaban J connectivity index is 4.42. The molecule has 0 aliphatic rings. The third-order valence-electron chi connectivity index (χ3n) is 11.7. The van der Waals surface area contributed by atoms with E-state index >= 15 is 0 Å². The van der Waals surface area contributed by atoms with Crippen LogP contribution in [0, 0.1) is 0 Å². The number of carbonyl (C=O) groups is 3. The molecule has 0 saturated heterocycles. The molecule has 6 heteroatoms. The highest BCUT2D eigenvalue weighted by molar-refractivity contribution is 5.71. The van der Waals surface area contributed by atoms with Crippen molar-refractivity contribution in [3.05, 3.63) is 72.9 Å². The summed E-state index contributed by atoms with van der Waals surface area (Å²) in [5, 5.41) is 0. The Morgan fingerprint density at radius 3 is 0.938 bits per heavy atom. The first kappa shape index (κ1) is 61.9. The van der Waals surface area contributed by atoms with Gasteiger partial charge in [-0.1, -0.05) is 261 Å². The topological polar surface area (TPSA) is 78.9 Å². The van der Waals surface area contributed by atoms with E-state index in [4.69, 9.17) is 14.2 Å². The summed E-state index contributed by atoms with van der Waals surface area (Å²) in [7, 11) is 0. The second kappa shape index (κ2) is 53.5. The van der Waals surface area contributed by atoms with Crippen LogP contribution in [0.5, 0.6) is 0 Å². The van der Waals surface area contributed by atoms with Crippen molar-refractivity contribution in [2.45, 2.75) is 271 Å². The summed E-state index contributed by atoms with van der Waals surface area (Å²) in [5.41, 5.74) is 0. The van der Waals surface area contributed by atoms with Crippen molar-refractivity contribution < 1.29 is 28.6 Å². The van der Waals surface area contributed by atoms with Crippen LogP contribution in [0.15, 0.2) is 72.9 Å². The van der Waals surface area contributed by atoms with Gasteiger partial charge in [0.1, 0.15) is 13.2 Å². The first-order valence-electron chi connectivity index (χ1n) is 27.4. The lowest BCUT2D eigenvalue weighted by Crippen LogP contribution is -2.30. The molecule has 0 aliphatic carbocycles. The van der Waals surface area contributed by atoms with Gasteiger partial charge in [-0.25, -0.2) is 0 Å². The molecule has 0 radical (unpaired) electrons. The summed E-state index contributed by atoms with van der Waals surface area (Å²) in [6.45, 7) is 6.47. The Bertz CT molecular complexity index is 1230. The van der Waals surface area contributed by atoms with Gasteiger partial charge in [0.15, 0.2) is 6.10 Å². The predicted molar refractivity (Wildman–Crippen MR) is 279 cm³/mol. The van der Waals surface area contributed by atoms with Crippen molar-refractivity contribution in [2.24, 2.45) is 0 Å². The van der Waals surface area contributed by atoms with E-state index in [0.29, 0.717) is 19.3 Å². The molecular weight excluding hydrogens is 805 g/mol. The number of allylic oxidation sites excluding steroid dienone is 12. The fourth-order valence-electron chi connectivity index (χ4n) is 7.65. The maximum atomic E-state index is 12.8. The largest absolute Gasteiger partial charge is 0.462 e. The molecule has 0 saturated carbocycles. The van der Waals surface area contributed by atoms with Crippen molar-refractivity contribution in [1.29, 1.82) is 0 Å². The minimum atomic E-state index is -0.801. The van der Waals surface area contributed by atoms with E-state index in [1.165, 1.54) is 141 Å². The van der Waals surface area contributed by atoms with Gasteiger partial charge >= 0.3 is 17.9 Å². The van der Waals surface area contributed by atoms with Crippen LogP contribution in [0.25, 0.3) is 0 Å². The molecule has 0 aromatic heterocycles. The summed E-state index contributed by atoms with van der Waals surface area (Å²) in [6, 6.07) is 0. The lowest BCUT2D eigenvalue weighted by molar-refractivity contribution is -0.166. The van der Waals surface area contributed by atoms with Crippen LogP contribution in [-0.2, 0) is 28.6 Å². The first-order chi connectivity index (χ1) is 32.0. The number of hydrogen-bond acceptors (Lipinski definition) is 6. The molecule has 0 heterocycles. The molecule has 0 unspecified atom stereocenters. The molecule has 0 bridgehead atoms. The molecule has 0 spiro atoms. The summed E-state index contributed by atoms with van der Waals surface area (Å²) in [6.07, 6.45) is 67.6. The average Bonchev–Trinajstić information content (AvgIpc) is 3.30. The Morgan fingerprint density at radius 1 is 0.323 bits per heavy atom. The second-order valence-electron chi connectivity index (χ2n) is 18.1. The smallest absolute Gasteiger partial charge is 0.306 e. The monoisotopic (exact) mass is 907 g/mol. The Kier molecular flexibility index (Phi) is 50.9. The maximum absolute atomic E-state index is 12.8. The standard InChI is InChI=1S/C59H102O6/c1-4-7-10-13-16-19-22-24-26-28-30-32-33-35-37-40-43-46-49-52-58(61)64-55-56(54-63-57(60)51-48-45-42-39-21-18-15-12-9-6-3)65-59(62)53-50-47-44-41-38-36-34-31-29-27-25-23-20-17-14-11-8-5-2/h7,10,16,19,24,26,30,32,35,37,43,46,56H,4-6,8-9,11-15,17-18,20-23,25,27-29,31,33-34,36,38-42,44-45,47-55H2,1-3H3/b10-7-,19-16-,26-24-,32-30-,37-35-,46-43-/t56-/m1/s1. The zero-order valence-corrected chi connectivity index (χ0v) is 42.7. The molecular formula is C59H102O6. The molecule has 0 amide bonds. The minimum absolute atomic E-state index is 0.0953. The number of carbonyl (C=O) groups excluding carboxylic acids is 3. The van der Waals surface area contributed by atoms with Gasteiger partial charge in [-0.05, 0) is 57.8 Å². The fourth-order valence-corrected chi connectivity index (χ4v) is 7.65. The van der Waals surface area contributed by atoms with Crippen LogP contribution in [-0.4, -0.2) is 37.2 Å². The van der Waals surface area contributed by atoms with Gasteiger partial charge in [-0.15, -0.1) is 0 Å². The molecule has 0 aromatic carbocycles. The maximum Gasteiger partial charge on any atom is 0.306 e. The van der Waals surface area contributed by atoms with Gasteiger partial charge < -0.3 is 14.2 Å². The zero-order chi connectivity index (χ0) is 47.2. The molecule has 0 aliphatic heterocycles. The number of rotatable bonds is 49. The number of unbranched alkanes of at least 4 members (excludes halogenated alkanes) is 26. The van der Waals surface area contributed by atoms with Crippen molar-refractivity contribution in [1.82, 2.24) is 0 Å². The highest BCUT2D eigenvalue weighted by atomic mass is 16.6. The highest BCUT2D eigenvalue weighted by Gasteiger charge is 2.19. The fraction of sp³-hybridized carbons (Fsp3) is 0.746. The first-order valence-corrected chi connectivity index (χ1v) is 27.4. The van der Waals surface area contributed by atoms with E-state index in [9.17, 15) is 14.4 Å². The van der Waals surface area contributed by atoms with Crippen LogP contribution in [0.4, 0.5) is 0 Å². The van der Waals surface area contributed by atoms with E-state index in [0.717, 1.165) is 77.0 Å². The minimum Gasteiger partial charge on any atom is -0.462 e. The molecule has 0 aromatic rings.